The van der Waals surface area contributed by atoms with E-state index in [1.165, 1.54) is 24.5 Å². The van der Waals surface area contributed by atoms with Crippen molar-refractivity contribution in [3.63, 3.8) is 0 Å². The van der Waals surface area contributed by atoms with Gasteiger partial charge in [0.1, 0.15) is 0 Å². The summed E-state index contributed by atoms with van der Waals surface area (Å²) < 4.78 is 13.4. The first-order valence-electron chi connectivity index (χ1n) is 4.56. The van der Waals surface area contributed by atoms with Crippen LogP contribution in [0.3, 0.4) is 0 Å². The van der Waals surface area contributed by atoms with Gasteiger partial charge in [0.05, 0.1) is 11.8 Å². The predicted molar refractivity (Wildman–Crippen MR) is 55.2 cm³/mol. The van der Waals surface area contributed by atoms with Crippen LogP contribution in [0.1, 0.15) is 10.4 Å². The van der Waals surface area contributed by atoms with E-state index in [-0.39, 0.29) is 5.56 Å². The lowest BCUT2D eigenvalue weighted by Crippen LogP contribution is -2.35. The van der Waals surface area contributed by atoms with Crippen molar-refractivity contribution in [1.82, 2.24) is 14.5 Å². The number of pyridine rings is 1. The largest absolute Gasteiger partial charge is 0.335 e. The van der Waals surface area contributed by atoms with Gasteiger partial charge >= 0.3 is 5.69 Å². The van der Waals surface area contributed by atoms with Gasteiger partial charge in [-0.05, 0) is 12.1 Å². The third kappa shape index (κ3) is 2.03. The average Bonchev–Trinajstić information content (AvgIpc) is 2.34. The highest BCUT2D eigenvalue weighted by atomic mass is 19.1. The average molecular weight is 235 g/mol. The molecule has 0 radical (unpaired) electrons. The molecule has 86 valence electrons. The monoisotopic (exact) mass is 235 g/mol. The van der Waals surface area contributed by atoms with E-state index in [0.29, 0.717) is 10.8 Å². The van der Waals surface area contributed by atoms with E-state index in [4.69, 9.17) is 0 Å². The molecule has 2 aromatic heterocycles. The minimum Gasteiger partial charge on any atom is -0.271 e. The lowest BCUT2D eigenvalue weighted by atomic mass is 10.3. The van der Waals surface area contributed by atoms with Crippen LogP contribution in [0.4, 0.5) is 4.39 Å². The van der Waals surface area contributed by atoms with Crippen molar-refractivity contribution in [1.29, 1.82) is 0 Å². The third-order valence-electron chi connectivity index (χ3n) is 2.03. The van der Waals surface area contributed by atoms with Crippen molar-refractivity contribution < 1.29 is 9.18 Å². The molecule has 0 saturated carbocycles. The highest BCUT2D eigenvalue weighted by molar-refractivity contribution is 5.95. The standard InChI is InChI=1S/C10H6FN3O3/c11-7-5-14(10(17)13-8(7)15)9(16)6-2-1-3-12-4-6/h1-5H,(H,13,15,17). The fourth-order valence-electron chi connectivity index (χ4n) is 1.23. The topological polar surface area (TPSA) is 84.8 Å². The van der Waals surface area contributed by atoms with E-state index in [1.807, 2.05) is 0 Å². The van der Waals surface area contributed by atoms with Gasteiger partial charge in [-0.3, -0.25) is 19.6 Å². The van der Waals surface area contributed by atoms with Crippen LogP contribution in [0.5, 0.6) is 0 Å². The lowest BCUT2D eigenvalue weighted by Gasteiger charge is -2.02. The first-order valence-corrected chi connectivity index (χ1v) is 4.56. The van der Waals surface area contributed by atoms with Crippen molar-refractivity contribution >= 4 is 5.91 Å². The van der Waals surface area contributed by atoms with E-state index in [9.17, 15) is 18.8 Å². The van der Waals surface area contributed by atoms with Crippen LogP contribution in [-0.2, 0) is 0 Å². The van der Waals surface area contributed by atoms with E-state index in [0.717, 1.165) is 0 Å². The van der Waals surface area contributed by atoms with Crippen LogP contribution >= 0.6 is 0 Å². The van der Waals surface area contributed by atoms with Gasteiger partial charge in [-0.2, -0.15) is 4.39 Å². The molecule has 0 aliphatic rings. The maximum Gasteiger partial charge on any atom is 0.335 e. The Balaban J connectivity index is 2.56. The number of carbonyl (C=O) groups excluding carboxylic acids is 1. The summed E-state index contributed by atoms with van der Waals surface area (Å²) in [6.45, 7) is 0. The SMILES string of the molecule is O=C(c1cccnc1)n1cc(F)c(=O)[nH]c1=O. The molecule has 6 nitrogen and oxygen atoms in total. The fourth-order valence-corrected chi connectivity index (χ4v) is 1.23. The van der Waals surface area contributed by atoms with Crippen molar-refractivity contribution in [3.8, 4) is 0 Å². The predicted octanol–water partition coefficient (Wildman–Crippen LogP) is -0.241. The first kappa shape index (κ1) is 10.9. The molecule has 0 fully saturated rings. The highest BCUT2D eigenvalue weighted by Crippen LogP contribution is 1.98. The number of carbonyl (C=O) groups is 1. The van der Waals surface area contributed by atoms with Gasteiger partial charge < -0.3 is 0 Å². The van der Waals surface area contributed by atoms with Crippen molar-refractivity contribution in [3.05, 3.63) is 62.9 Å². The molecule has 0 aliphatic heterocycles. The molecule has 17 heavy (non-hydrogen) atoms. The summed E-state index contributed by atoms with van der Waals surface area (Å²) in [5.41, 5.74) is -2.04. The Kier molecular flexibility index (Phi) is 2.65. The van der Waals surface area contributed by atoms with E-state index in [2.05, 4.69) is 4.98 Å². The fraction of sp³-hybridized carbons (Fsp3) is 0. The van der Waals surface area contributed by atoms with E-state index < -0.39 is 23.0 Å². The molecule has 7 heteroatoms. The van der Waals surface area contributed by atoms with E-state index in [1.54, 1.807) is 4.98 Å². The Morgan fingerprint density at radius 2 is 2.18 bits per heavy atom. The van der Waals surface area contributed by atoms with Gasteiger partial charge in [0.2, 0.25) is 5.82 Å². The molecule has 0 saturated heterocycles. The third-order valence-corrected chi connectivity index (χ3v) is 2.03. The quantitative estimate of drug-likeness (QED) is 0.739. The summed E-state index contributed by atoms with van der Waals surface area (Å²) in [6.07, 6.45) is 3.24. The Morgan fingerprint density at radius 1 is 1.41 bits per heavy atom. The van der Waals surface area contributed by atoms with E-state index >= 15 is 0 Å². The van der Waals surface area contributed by atoms with Crippen molar-refractivity contribution in [2.45, 2.75) is 0 Å². The number of halogens is 1. The van der Waals surface area contributed by atoms with Gasteiger partial charge in [-0.25, -0.2) is 9.36 Å². The summed E-state index contributed by atoms with van der Waals surface area (Å²) in [4.78, 5) is 39.2. The summed E-state index contributed by atoms with van der Waals surface area (Å²) in [5, 5.41) is 0. The minimum absolute atomic E-state index is 0.112. The second-order valence-corrected chi connectivity index (χ2v) is 3.15. The Morgan fingerprint density at radius 3 is 2.82 bits per heavy atom. The van der Waals surface area contributed by atoms with Crippen molar-refractivity contribution in [2.24, 2.45) is 0 Å². The molecule has 0 aromatic carbocycles. The molecule has 0 aliphatic carbocycles. The number of nitrogens with zero attached hydrogens (tertiary/aromatic N) is 2. The van der Waals surface area contributed by atoms with Gasteiger partial charge in [0.15, 0.2) is 0 Å². The Hall–Kier alpha value is -2.57. The number of aromatic amines is 1. The first-order chi connectivity index (χ1) is 8.09. The maximum absolute atomic E-state index is 13.0. The molecule has 1 N–H and O–H groups in total. The van der Waals surface area contributed by atoms with Crippen LogP contribution in [0.15, 0.2) is 40.3 Å². The number of rotatable bonds is 1. The second-order valence-electron chi connectivity index (χ2n) is 3.15. The summed E-state index contributed by atoms with van der Waals surface area (Å²) in [6, 6.07) is 2.92. The number of hydrogen-bond donors (Lipinski definition) is 1. The molecule has 2 rings (SSSR count). The van der Waals surface area contributed by atoms with Crippen LogP contribution < -0.4 is 11.2 Å². The zero-order chi connectivity index (χ0) is 12.4. The smallest absolute Gasteiger partial charge is 0.271 e. The molecule has 2 heterocycles. The summed E-state index contributed by atoms with van der Waals surface area (Å²) >= 11 is 0. The number of H-pyrrole nitrogens is 1. The normalized spacial score (nSPS) is 10.2. The molecular weight excluding hydrogens is 229 g/mol. The zero-order valence-electron chi connectivity index (χ0n) is 8.38. The van der Waals surface area contributed by atoms with Gasteiger partial charge in [-0.15, -0.1) is 0 Å². The molecular formula is C10H6FN3O3. The Labute approximate surface area is 93.4 Å². The maximum atomic E-state index is 13.0. The van der Waals surface area contributed by atoms with Crippen LogP contribution in [0.25, 0.3) is 0 Å². The summed E-state index contributed by atoms with van der Waals surface area (Å²) in [5.74, 6) is -1.97. The molecule has 2 aromatic rings. The molecule has 0 amide bonds. The highest BCUT2D eigenvalue weighted by Gasteiger charge is 2.12. The minimum atomic E-state index is -1.21. The molecule has 0 bridgehead atoms. The number of aromatic nitrogens is 3. The van der Waals surface area contributed by atoms with Gasteiger partial charge in [0, 0.05) is 12.4 Å². The molecule has 0 atom stereocenters. The van der Waals surface area contributed by atoms with Crippen molar-refractivity contribution in [2.75, 3.05) is 0 Å². The van der Waals surface area contributed by atoms with Crippen LogP contribution in [-0.4, -0.2) is 20.4 Å². The van der Waals surface area contributed by atoms with Crippen LogP contribution in [0, 0.1) is 5.82 Å². The van der Waals surface area contributed by atoms with Crippen LogP contribution in [0.2, 0.25) is 0 Å². The zero-order valence-corrected chi connectivity index (χ0v) is 8.38. The summed E-state index contributed by atoms with van der Waals surface area (Å²) in [7, 11) is 0. The molecule has 0 unspecified atom stereocenters. The second kappa shape index (κ2) is 4.12. The number of hydrogen-bond acceptors (Lipinski definition) is 4. The van der Waals surface area contributed by atoms with Gasteiger partial charge in [-0.1, -0.05) is 0 Å². The lowest BCUT2D eigenvalue weighted by molar-refractivity contribution is 0.0952. The number of nitrogens with one attached hydrogen (secondary N) is 1. The van der Waals surface area contributed by atoms with Gasteiger partial charge in [0.25, 0.3) is 11.5 Å². The Bertz CT molecular complexity index is 675. The molecule has 0 spiro atoms.